The molecule has 0 saturated heterocycles. The van der Waals surface area contributed by atoms with Gasteiger partial charge in [0.25, 0.3) is 0 Å². The molecular weight excluding hydrogens is 212 g/mol. The molecule has 0 aromatic heterocycles. The van der Waals surface area contributed by atoms with Gasteiger partial charge >= 0.3 is 5.97 Å². The van der Waals surface area contributed by atoms with E-state index in [1.165, 1.54) is 0 Å². The summed E-state index contributed by atoms with van der Waals surface area (Å²) in [4.78, 5) is 10.6. The van der Waals surface area contributed by atoms with Crippen molar-refractivity contribution in [3.05, 3.63) is 35.9 Å². The van der Waals surface area contributed by atoms with Gasteiger partial charge in [0.05, 0.1) is 5.41 Å². The third kappa shape index (κ3) is 2.88. The number of carbonyl (C=O) groups is 1. The first kappa shape index (κ1) is 13.3. The zero-order valence-corrected chi connectivity index (χ0v) is 10.7. The van der Waals surface area contributed by atoms with Crippen LogP contribution in [0.25, 0.3) is 0 Å². The fourth-order valence-electron chi connectivity index (χ4n) is 1.64. The smallest absolute Gasteiger partial charge is 0.381 e. The normalized spacial score (nSPS) is 14.4. The van der Waals surface area contributed by atoms with Crippen LogP contribution < -0.4 is 0 Å². The number of carboxylic acid groups (broad SMARTS) is 1. The molecule has 0 unspecified atom stereocenters. The Morgan fingerprint density at radius 3 is 2.06 bits per heavy atom. The molecule has 1 atom stereocenters. The molecule has 0 heterocycles. The van der Waals surface area contributed by atoms with Crippen molar-refractivity contribution in [1.82, 2.24) is 0 Å². The third-order valence-corrected chi connectivity index (χ3v) is 3.27. The van der Waals surface area contributed by atoms with Crippen molar-refractivity contribution in [2.45, 2.75) is 33.1 Å². The van der Waals surface area contributed by atoms with Crippen molar-refractivity contribution in [2.75, 3.05) is 0 Å². The molecule has 0 spiro atoms. The van der Waals surface area contributed by atoms with E-state index in [9.17, 15) is 4.79 Å². The van der Waals surface area contributed by atoms with Gasteiger partial charge in [-0.05, 0) is 17.9 Å². The summed E-state index contributed by atoms with van der Waals surface area (Å²) in [5, 5.41) is 8.72. The van der Waals surface area contributed by atoms with Crippen molar-refractivity contribution in [3.8, 4) is 11.8 Å². The Balaban J connectivity index is 3.33. The zero-order valence-electron chi connectivity index (χ0n) is 10.7. The highest BCUT2D eigenvalue weighted by atomic mass is 16.4. The molecule has 0 radical (unpaired) electrons. The molecule has 0 amide bonds. The number of rotatable bonds is 1. The molecule has 1 rings (SSSR count). The van der Waals surface area contributed by atoms with E-state index in [0.717, 1.165) is 5.56 Å². The maximum Gasteiger partial charge on any atom is 0.381 e. The fraction of sp³-hybridized carbons (Fsp3) is 0.400. The number of hydrogen-bond donors (Lipinski definition) is 1. The lowest BCUT2D eigenvalue weighted by molar-refractivity contribution is -0.130. The molecule has 1 aromatic carbocycles. The monoisotopic (exact) mass is 230 g/mol. The highest BCUT2D eigenvalue weighted by Crippen LogP contribution is 2.40. The van der Waals surface area contributed by atoms with Crippen molar-refractivity contribution >= 4 is 5.97 Å². The lowest BCUT2D eigenvalue weighted by Gasteiger charge is -2.38. The molecular formula is C15H18O2. The third-order valence-electron chi connectivity index (χ3n) is 3.27. The molecule has 90 valence electrons. The van der Waals surface area contributed by atoms with Crippen LogP contribution in [0.3, 0.4) is 0 Å². The van der Waals surface area contributed by atoms with Crippen molar-refractivity contribution in [3.63, 3.8) is 0 Å². The number of aliphatic carboxylic acids is 1. The first-order valence-electron chi connectivity index (χ1n) is 5.59. The van der Waals surface area contributed by atoms with Crippen LogP contribution in [0.5, 0.6) is 0 Å². The maximum absolute atomic E-state index is 10.6. The van der Waals surface area contributed by atoms with E-state index in [1.54, 1.807) is 0 Å². The molecule has 0 bridgehead atoms. The first-order chi connectivity index (χ1) is 7.77. The average Bonchev–Trinajstić information content (AvgIpc) is 2.25. The minimum atomic E-state index is -1.09. The zero-order chi connectivity index (χ0) is 13.1. The maximum atomic E-state index is 10.6. The second kappa shape index (κ2) is 4.63. The van der Waals surface area contributed by atoms with Crippen molar-refractivity contribution in [1.29, 1.82) is 0 Å². The van der Waals surface area contributed by atoms with Gasteiger partial charge in [-0.2, -0.15) is 0 Å². The highest BCUT2D eigenvalue weighted by molar-refractivity contribution is 5.86. The van der Waals surface area contributed by atoms with E-state index >= 15 is 0 Å². The second-order valence-electron chi connectivity index (χ2n) is 5.30. The molecule has 0 aliphatic carbocycles. The van der Waals surface area contributed by atoms with Crippen LogP contribution in [0.2, 0.25) is 0 Å². The average molecular weight is 230 g/mol. The summed E-state index contributed by atoms with van der Waals surface area (Å²) in [5.41, 5.74) is 0.421. The van der Waals surface area contributed by atoms with Gasteiger partial charge in [-0.15, -0.1) is 0 Å². The Kier molecular flexibility index (Phi) is 3.63. The van der Waals surface area contributed by atoms with Gasteiger partial charge in [0.1, 0.15) is 0 Å². The molecule has 0 aliphatic rings. The molecule has 1 N–H and O–H groups in total. The van der Waals surface area contributed by atoms with E-state index in [0.29, 0.717) is 0 Å². The highest BCUT2D eigenvalue weighted by Gasteiger charge is 2.37. The number of hydrogen-bond acceptors (Lipinski definition) is 1. The van der Waals surface area contributed by atoms with E-state index in [1.807, 2.05) is 37.3 Å². The Morgan fingerprint density at radius 2 is 1.65 bits per heavy atom. The van der Waals surface area contributed by atoms with E-state index in [2.05, 4.69) is 32.6 Å². The quantitative estimate of drug-likeness (QED) is 0.753. The summed E-state index contributed by atoms with van der Waals surface area (Å²) in [6.45, 7) is 8.18. The Bertz CT molecular complexity index is 457. The Labute approximate surface area is 103 Å². The van der Waals surface area contributed by atoms with Gasteiger partial charge in [-0.25, -0.2) is 4.79 Å². The van der Waals surface area contributed by atoms with E-state index < -0.39 is 11.4 Å². The van der Waals surface area contributed by atoms with Crippen LogP contribution in [0.15, 0.2) is 30.3 Å². The second-order valence-corrected chi connectivity index (χ2v) is 5.30. The van der Waals surface area contributed by atoms with Gasteiger partial charge in [-0.3, -0.25) is 0 Å². The van der Waals surface area contributed by atoms with Crippen LogP contribution in [0.4, 0.5) is 0 Å². The summed E-state index contributed by atoms with van der Waals surface area (Å²) in [6.07, 6.45) is 0. The Morgan fingerprint density at radius 1 is 1.12 bits per heavy atom. The predicted molar refractivity (Wildman–Crippen MR) is 68.7 cm³/mol. The standard InChI is InChI=1S/C15H18O2/c1-14(2,3)15(4,11-10-13(16)17)12-8-6-5-7-9-12/h5-9H,1-4H3,(H,16,17)/t15-/m0/s1. The minimum absolute atomic E-state index is 0.142. The Hall–Kier alpha value is -1.75. The molecule has 0 aliphatic heterocycles. The van der Waals surface area contributed by atoms with E-state index in [-0.39, 0.29) is 5.41 Å². The number of carboxylic acids is 1. The molecule has 17 heavy (non-hydrogen) atoms. The SMILES string of the molecule is CC(C)(C)[C@@](C)(C#CC(=O)O)c1ccccc1. The first-order valence-corrected chi connectivity index (χ1v) is 5.59. The fourth-order valence-corrected chi connectivity index (χ4v) is 1.64. The summed E-state index contributed by atoms with van der Waals surface area (Å²) in [7, 11) is 0. The molecule has 0 fully saturated rings. The molecule has 2 nitrogen and oxygen atoms in total. The van der Waals surface area contributed by atoms with Crippen LogP contribution in [0, 0.1) is 17.3 Å². The van der Waals surface area contributed by atoms with Crippen LogP contribution in [-0.2, 0) is 10.2 Å². The summed E-state index contributed by atoms with van der Waals surface area (Å²) < 4.78 is 0. The minimum Gasteiger partial charge on any atom is -0.472 e. The summed E-state index contributed by atoms with van der Waals surface area (Å²) >= 11 is 0. The lowest BCUT2D eigenvalue weighted by atomic mass is 9.64. The van der Waals surface area contributed by atoms with Gasteiger partial charge in [0.2, 0.25) is 0 Å². The van der Waals surface area contributed by atoms with Gasteiger partial charge in [0, 0.05) is 5.92 Å². The van der Waals surface area contributed by atoms with Gasteiger partial charge < -0.3 is 5.11 Å². The summed E-state index contributed by atoms with van der Waals surface area (Å²) in [5.74, 6) is 4.07. The number of benzene rings is 1. The predicted octanol–water partition coefficient (Wildman–Crippen LogP) is 3.08. The summed E-state index contributed by atoms with van der Waals surface area (Å²) in [6, 6.07) is 9.81. The van der Waals surface area contributed by atoms with Gasteiger partial charge in [0.15, 0.2) is 0 Å². The topological polar surface area (TPSA) is 37.3 Å². The van der Waals surface area contributed by atoms with E-state index in [4.69, 9.17) is 5.11 Å². The molecule has 0 saturated carbocycles. The van der Waals surface area contributed by atoms with Crippen molar-refractivity contribution < 1.29 is 9.90 Å². The van der Waals surface area contributed by atoms with Crippen LogP contribution in [-0.4, -0.2) is 11.1 Å². The van der Waals surface area contributed by atoms with Gasteiger partial charge in [-0.1, -0.05) is 57.0 Å². The van der Waals surface area contributed by atoms with Crippen molar-refractivity contribution in [2.24, 2.45) is 5.41 Å². The lowest BCUT2D eigenvalue weighted by Crippen LogP contribution is -2.36. The largest absolute Gasteiger partial charge is 0.472 e. The van der Waals surface area contributed by atoms with Crippen LogP contribution >= 0.6 is 0 Å². The van der Waals surface area contributed by atoms with Crippen LogP contribution in [0.1, 0.15) is 33.3 Å². The molecule has 2 heteroatoms. The molecule has 1 aromatic rings.